The summed E-state index contributed by atoms with van der Waals surface area (Å²) in [7, 11) is -3.75. The summed E-state index contributed by atoms with van der Waals surface area (Å²) in [5, 5.41) is 0. The Labute approximate surface area is 87.9 Å². The second-order valence-corrected chi connectivity index (χ2v) is 4.17. The van der Waals surface area contributed by atoms with Gasteiger partial charge < -0.3 is 0 Å². The molecule has 0 unspecified atom stereocenters. The van der Waals surface area contributed by atoms with Crippen LogP contribution in [0.25, 0.3) is 0 Å². The van der Waals surface area contributed by atoms with Crippen LogP contribution in [0.2, 0.25) is 0 Å². The minimum Gasteiger partial charge on any atom is -0.268 e. The number of carbonyl (C=O) groups excluding carboxylic acids is 1. The molecule has 0 bridgehead atoms. The predicted octanol–water partition coefficient (Wildman–Crippen LogP) is -0.334. The molecule has 0 aromatic carbocycles. The molecule has 0 aliphatic heterocycles. The average Bonchev–Trinajstić information content (AvgIpc) is 2.18. The summed E-state index contributed by atoms with van der Waals surface area (Å²) in [6.07, 6.45) is 2.82. The normalized spacial score (nSPS) is 11.0. The number of rotatable bonds is 4. The van der Waals surface area contributed by atoms with Crippen molar-refractivity contribution in [3.63, 3.8) is 0 Å². The summed E-state index contributed by atoms with van der Waals surface area (Å²) >= 11 is 0. The van der Waals surface area contributed by atoms with Crippen LogP contribution in [0.15, 0.2) is 24.5 Å². The zero-order chi connectivity index (χ0) is 11.3. The molecule has 2 N–H and O–H groups in total. The van der Waals surface area contributed by atoms with Gasteiger partial charge >= 0.3 is 10.2 Å². The Balaban J connectivity index is 2.73. The molecule has 7 heteroatoms. The average molecular weight is 229 g/mol. The standard InChI is InChI=1S/C8H11N3O3S/c1-2-10-15(13,14)11-8(12)7-3-5-9-6-4-7/h3-6,10H,2H2,1H3,(H,11,12). The molecule has 1 amide bonds. The lowest BCUT2D eigenvalue weighted by Crippen LogP contribution is -2.40. The first kappa shape index (κ1) is 11.6. The molecular formula is C8H11N3O3S. The molecule has 82 valence electrons. The summed E-state index contributed by atoms with van der Waals surface area (Å²) in [6, 6.07) is 2.85. The van der Waals surface area contributed by atoms with E-state index in [0.717, 1.165) is 0 Å². The number of hydrogen-bond acceptors (Lipinski definition) is 4. The van der Waals surface area contributed by atoms with Crippen LogP contribution >= 0.6 is 0 Å². The lowest BCUT2D eigenvalue weighted by atomic mass is 10.3. The molecule has 0 saturated heterocycles. The smallest absolute Gasteiger partial charge is 0.268 e. The summed E-state index contributed by atoms with van der Waals surface area (Å²) in [5.41, 5.74) is 0.242. The number of amides is 1. The van der Waals surface area contributed by atoms with Crippen molar-refractivity contribution >= 4 is 16.1 Å². The molecule has 0 aliphatic rings. The first-order valence-corrected chi connectivity index (χ1v) is 5.75. The van der Waals surface area contributed by atoms with Crippen LogP contribution in [0.3, 0.4) is 0 Å². The highest BCUT2D eigenvalue weighted by Crippen LogP contribution is 1.96. The largest absolute Gasteiger partial charge is 0.301 e. The predicted molar refractivity (Wildman–Crippen MR) is 54.3 cm³/mol. The number of carbonyl (C=O) groups is 1. The summed E-state index contributed by atoms with van der Waals surface area (Å²) < 4.78 is 26.3. The van der Waals surface area contributed by atoms with E-state index >= 15 is 0 Å². The Kier molecular flexibility index (Phi) is 3.75. The quantitative estimate of drug-likeness (QED) is 0.739. The number of pyridine rings is 1. The van der Waals surface area contributed by atoms with Crippen molar-refractivity contribution in [1.82, 2.24) is 14.4 Å². The fraction of sp³-hybridized carbons (Fsp3) is 0.250. The van der Waals surface area contributed by atoms with Crippen LogP contribution in [-0.4, -0.2) is 25.9 Å². The van der Waals surface area contributed by atoms with E-state index in [1.807, 2.05) is 4.72 Å². The number of hydrogen-bond donors (Lipinski definition) is 2. The number of nitrogens with one attached hydrogen (secondary N) is 2. The van der Waals surface area contributed by atoms with Gasteiger partial charge in [-0.1, -0.05) is 6.92 Å². The number of nitrogens with zero attached hydrogens (tertiary/aromatic N) is 1. The van der Waals surface area contributed by atoms with Crippen LogP contribution in [0.4, 0.5) is 0 Å². The van der Waals surface area contributed by atoms with Gasteiger partial charge in [-0.3, -0.25) is 9.78 Å². The summed E-state index contributed by atoms with van der Waals surface area (Å²) in [4.78, 5) is 15.1. The maximum atomic E-state index is 11.4. The Morgan fingerprint density at radius 3 is 2.53 bits per heavy atom. The van der Waals surface area contributed by atoms with Gasteiger partial charge in [-0.2, -0.15) is 13.1 Å². The van der Waals surface area contributed by atoms with E-state index in [0.29, 0.717) is 0 Å². The molecule has 0 radical (unpaired) electrons. The minimum absolute atomic E-state index is 0.221. The van der Waals surface area contributed by atoms with E-state index in [9.17, 15) is 13.2 Å². The molecular weight excluding hydrogens is 218 g/mol. The maximum absolute atomic E-state index is 11.4. The molecule has 0 saturated carbocycles. The van der Waals surface area contributed by atoms with Gasteiger partial charge in [0.25, 0.3) is 5.91 Å². The summed E-state index contributed by atoms with van der Waals surface area (Å²) in [6.45, 7) is 1.84. The van der Waals surface area contributed by atoms with E-state index < -0.39 is 16.1 Å². The molecule has 1 aromatic rings. The molecule has 0 fully saturated rings. The van der Waals surface area contributed by atoms with E-state index in [1.165, 1.54) is 24.5 Å². The van der Waals surface area contributed by atoms with Crippen LogP contribution in [0.1, 0.15) is 17.3 Å². The van der Waals surface area contributed by atoms with Crippen molar-refractivity contribution in [3.8, 4) is 0 Å². The van der Waals surface area contributed by atoms with Crippen LogP contribution < -0.4 is 9.44 Å². The monoisotopic (exact) mass is 229 g/mol. The molecule has 6 nitrogen and oxygen atoms in total. The lowest BCUT2D eigenvalue weighted by molar-refractivity contribution is 0.0981. The molecule has 15 heavy (non-hydrogen) atoms. The third kappa shape index (κ3) is 3.64. The van der Waals surface area contributed by atoms with Gasteiger partial charge in [0.1, 0.15) is 0 Å². The Morgan fingerprint density at radius 1 is 1.40 bits per heavy atom. The highest BCUT2D eigenvalue weighted by Gasteiger charge is 2.13. The zero-order valence-corrected chi connectivity index (χ0v) is 8.91. The van der Waals surface area contributed by atoms with E-state index in [2.05, 4.69) is 9.71 Å². The van der Waals surface area contributed by atoms with Crippen molar-refractivity contribution in [3.05, 3.63) is 30.1 Å². The van der Waals surface area contributed by atoms with E-state index in [-0.39, 0.29) is 12.1 Å². The molecule has 0 aliphatic carbocycles. The highest BCUT2D eigenvalue weighted by atomic mass is 32.2. The van der Waals surface area contributed by atoms with Crippen molar-refractivity contribution in [2.75, 3.05) is 6.54 Å². The van der Waals surface area contributed by atoms with Crippen LogP contribution in [0, 0.1) is 0 Å². The third-order valence-electron chi connectivity index (χ3n) is 1.50. The van der Waals surface area contributed by atoms with Gasteiger partial charge in [0.2, 0.25) is 0 Å². The Morgan fingerprint density at radius 2 is 2.00 bits per heavy atom. The van der Waals surface area contributed by atoms with Crippen molar-refractivity contribution < 1.29 is 13.2 Å². The summed E-state index contributed by atoms with van der Waals surface area (Å²) in [5.74, 6) is -0.682. The lowest BCUT2D eigenvalue weighted by Gasteiger charge is -2.05. The van der Waals surface area contributed by atoms with Crippen molar-refractivity contribution in [2.24, 2.45) is 0 Å². The molecule has 0 spiro atoms. The first-order valence-electron chi connectivity index (χ1n) is 4.27. The van der Waals surface area contributed by atoms with Crippen LogP contribution in [-0.2, 0) is 10.2 Å². The van der Waals surface area contributed by atoms with Gasteiger partial charge in [-0.05, 0) is 12.1 Å². The van der Waals surface area contributed by atoms with Crippen molar-refractivity contribution in [2.45, 2.75) is 6.92 Å². The zero-order valence-electron chi connectivity index (χ0n) is 8.10. The Hall–Kier alpha value is -1.47. The minimum atomic E-state index is -3.75. The fourth-order valence-electron chi connectivity index (χ4n) is 0.910. The molecule has 1 aromatic heterocycles. The first-order chi connectivity index (χ1) is 7.05. The maximum Gasteiger partial charge on any atom is 0.301 e. The molecule has 0 atom stereocenters. The highest BCUT2D eigenvalue weighted by molar-refractivity contribution is 7.88. The van der Waals surface area contributed by atoms with E-state index in [4.69, 9.17) is 0 Å². The van der Waals surface area contributed by atoms with Crippen LogP contribution in [0.5, 0.6) is 0 Å². The molecule has 1 rings (SSSR count). The number of aromatic nitrogens is 1. The Bertz CT molecular complexity index is 430. The van der Waals surface area contributed by atoms with Gasteiger partial charge in [0.15, 0.2) is 0 Å². The SMILES string of the molecule is CCNS(=O)(=O)NC(=O)c1ccncc1. The molecule has 1 heterocycles. The van der Waals surface area contributed by atoms with Gasteiger partial charge in [0, 0.05) is 24.5 Å². The van der Waals surface area contributed by atoms with E-state index in [1.54, 1.807) is 6.92 Å². The topological polar surface area (TPSA) is 88.2 Å². The van der Waals surface area contributed by atoms with Crippen molar-refractivity contribution in [1.29, 1.82) is 0 Å². The second-order valence-electron chi connectivity index (χ2n) is 2.67. The fourth-order valence-corrected chi connectivity index (χ4v) is 1.72. The van der Waals surface area contributed by atoms with Gasteiger partial charge in [-0.25, -0.2) is 4.72 Å². The van der Waals surface area contributed by atoms with Gasteiger partial charge in [0.05, 0.1) is 0 Å². The second kappa shape index (κ2) is 4.85. The third-order valence-corrected chi connectivity index (χ3v) is 2.63. The van der Waals surface area contributed by atoms with Gasteiger partial charge in [-0.15, -0.1) is 0 Å².